The molecule has 24 heavy (non-hydrogen) atoms. The minimum absolute atomic E-state index is 0.753. The van der Waals surface area contributed by atoms with Gasteiger partial charge in [-0.05, 0) is 62.4 Å². The average molecular weight is 332 g/mol. The van der Waals surface area contributed by atoms with E-state index >= 15 is 0 Å². The van der Waals surface area contributed by atoms with Crippen LogP contribution in [-0.4, -0.2) is 44.3 Å². The SMILES string of the molecule is CCCCOc1cc(CNCC2CCN(C3CC3)C2)ccc1OC. The minimum atomic E-state index is 0.753. The van der Waals surface area contributed by atoms with Gasteiger partial charge in [0.2, 0.25) is 0 Å². The molecule has 0 aromatic heterocycles. The van der Waals surface area contributed by atoms with E-state index in [1.54, 1.807) is 7.11 Å². The van der Waals surface area contributed by atoms with E-state index in [1.165, 1.54) is 37.9 Å². The zero-order valence-electron chi connectivity index (χ0n) is 15.2. The Hall–Kier alpha value is -1.26. The summed E-state index contributed by atoms with van der Waals surface area (Å²) in [5.41, 5.74) is 1.26. The lowest BCUT2D eigenvalue weighted by atomic mass is 10.1. The van der Waals surface area contributed by atoms with Crippen LogP contribution in [0.4, 0.5) is 0 Å². The predicted molar refractivity (Wildman–Crippen MR) is 97.8 cm³/mol. The molecule has 1 saturated carbocycles. The van der Waals surface area contributed by atoms with Gasteiger partial charge in [-0.1, -0.05) is 19.4 Å². The molecule has 1 atom stereocenters. The highest BCUT2D eigenvalue weighted by atomic mass is 16.5. The molecule has 2 aliphatic rings. The molecule has 0 radical (unpaired) electrons. The van der Waals surface area contributed by atoms with Crippen LogP contribution in [0, 0.1) is 5.92 Å². The number of hydrogen-bond donors (Lipinski definition) is 1. The molecule has 0 amide bonds. The molecule has 1 aromatic carbocycles. The van der Waals surface area contributed by atoms with Crippen LogP contribution in [0.25, 0.3) is 0 Å². The van der Waals surface area contributed by atoms with Crippen LogP contribution in [0.5, 0.6) is 11.5 Å². The normalized spacial score (nSPS) is 21.2. The van der Waals surface area contributed by atoms with Crippen molar-refractivity contribution in [3.05, 3.63) is 23.8 Å². The summed E-state index contributed by atoms with van der Waals surface area (Å²) in [6, 6.07) is 7.18. The third kappa shape index (κ3) is 4.87. The van der Waals surface area contributed by atoms with Gasteiger partial charge in [-0.25, -0.2) is 0 Å². The third-order valence-electron chi connectivity index (χ3n) is 5.13. The van der Waals surface area contributed by atoms with E-state index in [-0.39, 0.29) is 0 Å². The second-order valence-corrected chi connectivity index (χ2v) is 7.20. The molecular formula is C20H32N2O2. The van der Waals surface area contributed by atoms with Gasteiger partial charge in [-0.15, -0.1) is 0 Å². The summed E-state index contributed by atoms with van der Waals surface area (Å²) < 4.78 is 11.3. The summed E-state index contributed by atoms with van der Waals surface area (Å²) in [5, 5.41) is 3.63. The summed E-state index contributed by atoms with van der Waals surface area (Å²) in [5.74, 6) is 2.50. The predicted octanol–water partition coefficient (Wildman–Crippen LogP) is 3.45. The number of ether oxygens (including phenoxy) is 2. The molecular weight excluding hydrogens is 300 g/mol. The molecule has 134 valence electrons. The molecule has 1 aliphatic heterocycles. The highest BCUT2D eigenvalue weighted by Gasteiger charge is 2.33. The zero-order valence-corrected chi connectivity index (χ0v) is 15.2. The van der Waals surface area contributed by atoms with Crippen LogP contribution in [-0.2, 0) is 6.54 Å². The van der Waals surface area contributed by atoms with Gasteiger partial charge in [0.05, 0.1) is 13.7 Å². The summed E-state index contributed by atoms with van der Waals surface area (Å²) >= 11 is 0. The van der Waals surface area contributed by atoms with Gasteiger partial charge in [0, 0.05) is 19.1 Å². The van der Waals surface area contributed by atoms with Crippen LogP contribution in [0.3, 0.4) is 0 Å². The van der Waals surface area contributed by atoms with Crippen LogP contribution in [0.2, 0.25) is 0 Å². The molecule has 1 heterocycles. The van der Waals surface area contributed by atoms with Crippen LogP contribution < -0.4 is 14.8 Å². The Morgan fingerprint density at radius 2 is 2.08 bits per heavy atom. The Morgan fingerprint density at radius 3 is 2.83 bits per heavy atom. The third-order valence-corrected chi connectivity index (χ3v) is 5.13. The number of benzene rings is 1. The van der Waals surface area contributed by atoms with Gasteiger partial charge in [0.15, 0.2) is 11.5 Å². The highest BCUT2D eigenvalue weighted by molar-refractivity contribution is 5.42. The Balaban J connectivity index is 1.45. The Labute approximate surface area is 146 Å². The summed E-state index contributed by atoms with van der Waals surface area (Å²) in [6.07, 6.45) is 6.41. The maximum atomic E-state index is 5.88. The van der Waals surface area contributed by atoms with Crippen molar-refractivity contribution in [2.24, 2.45) is 5.92 Å². The number of methoxy groups -OCH3 is 1. The van der Waals surface area contributed by atoms with Crippen molar-refractivity contribution in [3.63, 3.8) is 0 Å². The first-order valence-corrected chi connectivity index (χ1v) is 9.54. The van der Waals surface area contributed by atoms with Crippen molar-refractivity contribution in [1.82, 2.24) is 10.2 Å². The molecule has 1 aromatic rings. The lowest BCUT2D eigenvalue weighted by molar-refractivity contribution is 0.288. The fourth-order valence-corrected chi connectivity index (χ4v) is 3.49. The largest absolute Gasteiger partial charge is 0.493 e. The Kier molecular flexibility index (Phi) is 6.38. The van der Waals surface area contributed by atoms with Crippen molar-refractivity contribution < 1.29 is 9.47 Å². The van der Waals surface area contributed by atoms with E-state index in [0.717, 1.165) is 56.0 Å². The maximum absolute atomic E-state index is 5.88. The molecule has 3 rings (SSSR count). The standard InChI is InChI=1S/C20H32N2O2/c1-3-4-11-24-20-12-16(5-8-19(20)23-2)13-21-14-17-9-10-22(15-17)18-6-7-18/h5,8,12,17-18,21H,3-4,6-7,9-11,13-15H2,1-2H3. The van der Waals surface area contributed by atoms with E-state index < -0.39 is 0 Å². The first-order valence-electron chi connectivity index (χ1n) is 9.54. The second kappa shape index (κ2) is 8.72. The molecule has 1 saturated heterocycles. The van der Waals surface area contributed by atoms with Gasteiger partial charge in [-0.2, -0.15) is 0 Å². The maximum Gasteiger partial charge on any atom is 0.161 e. The van der Waals surface area contributed by atoms with Crippen LogP contribution >= 0.6 is 0 Å². The molecule has 4 heteroatoms. The smallest absolute Gasteiger partial charge is 0.161 e. The minimum Gasteiger partial charge on any atom is -0.493 e. The highest BCUT2D eigenvalue weighted by Crippen LogP contribution is 2.31. The van der Waals surface area contributed by atoms with E-state index in [0.29, 0.717) is 0 Å². The van der Waals surface area contributed by atoms with Crippen molar-refractivity contribution >= 4 is 0 Å². The number of rotatable bonds is 10. The molecule has 0 spiro atoms. The first-order chi connectivity index (χ1) is 11.8. The fourth-order valence-electron chi connectivity index (χ4n) is 3.49. The number of nitrogens with one attached hydrogen (secondary N) is 1. The molecule has 1 aliphatic carbocycles. The summed E-state index contributed by atoms with van der Waals surface area (Å²) in [7, 11) is 1.70. The van der Waals surface area contributed by atoms with Gasteiger partial charge < -0.3 is 19.7 Å². The monoisotopic (exact) mass is 332 g/mol. The van der Waals surface area contributed by atoms with Gasteiger partial charge in [0.1, 0.15) is 0 Å². The lowest BCUT2D eigenvalue weighted by Gasteiger charge is -2.16. The topological polar surface area (TPSA) is 33.7 Å². The van der Waals surface area contributed by atoms with Crippen molar-refractivity contribution in [2.75, 3.05) is 33.4 Å². The summed E-state index contributed by atoms with van der Waals surface area (Å²) in [6.45, 7) is 7.52. The van der Waals surface area contributed by atoms with Gasteiger partial charge >= 0.3 is 0 Å². The molecule has 1 N–H and O–H groups in total. The number of unbranched alkanes of at least 4 members (excludes halogenated alkanes) is 1. The zero-order chi connectivity index (χ0) is 16.8. The first kappa shape index (κ1) is 17.6. The van der Waals surface area contributed by atoms with E-state index in [2.05, 4.69) is 29.3 Å². The van der Waals surface area contributed by atoms with Gasteiger partial charge in [0.25, 0.3) is 0 Å². The van der Waals surface area contributed by atoms with Crippen molar-refractivity contribution in [3.8, 4) is 11.5 Å². The number of likely N-dealkylation sites (tertiary alicyclic amines) is 1. The van der Waals surface area contributed by atoms with E-state index in [1.807, 2.05) is 6.07 Å². The van der Waals surface area contributed by atoms with E-state index in [4.69, 9.17) is 9.47 Å². The Morgan fingerprint density at radius 1 is 1.21 bits per heavy atom. The quantitative estimate of drug-likeness (QED) is 0.666. The second-order valence-electron chi connectivity index (χ2n) is 7.20. The fraction of sp³-hybridized carbons (Fsp3) is 0.700. The van der Waals surface area contributed by atoms with Crippen molar-refractivity contribution in [2.45, 2.75) is 51.6 Å². The number of nitrogens with zero attached hydrogens (tertiary/aromatic N) is 1. The average Bonchev–Trinajstić information content (AvgIpc) is 3.35. The molecule has 4 nitrogen and oxygen atoms in total. The molecule has 2 fully saturated rings. The molecule has 1 unspecified atom stereocenters. The van der Waals surface area contributed by atoms with Gasteiger partial charge in [-0.3, -0.25) is 0 Å². The van der Waals surface area contributed by atoms with E-state index in [9.17, 15) is 0 Å². The van der Waals surface area contributed by atoms with Crippen LogP contribution in [0.1, 0.15) is 44.6 Å². The van der Waals surface area contributed by atoms with Crippen LogP contribution in [0.15, 0.2) is 18.2 Å². The Bertz CT molecular complexity index is 516. The lowest BCUT2D eigenvalue weighted by Crippen LogP contribution is -2.27. The van der Waals surface area contributed by atoms with Crippen molar-refractivity contribution in [1.29, 1.82) is 0 Å². The number of hydrogen-bond acceptors (Lipinski definition) is 4. The molecule has 0 bridgehead atoms. The summed E-state index contributed by atoms with van der Waals surface area (Å²) in [4.78, 5) is 2.68.